The van der Waals surface area contributed by atoms with Crippen molar-refractivity contribution >= 4 is 28.4 Å². The lowest BCUT2D eigenvalue weighted by molar-refractivity contribution is -0.132. The molecular weight excluding hydrogens is 226 g/mol. The molecular formula is C10H8NO4Si. The van der Waals surface area contributed by atoms with Crippen LogP contribution in [-0.4, -0.2) is 32.9 Å². The van der Waals surface area contributed by atoms with Gasteiger partial charge in [0.1, 0.15) is 11.3 Å². The first-order chi connectivity index (χ1) is 7.66. The van der Waals surface area contributed by atoms with Crippen LogP contribution in [0.1, 0.15) is 5.56 Å². The molecule has 0 aliphatic carbocycles. The number of aliphatic hydroxyl groups is 1. The van der Waals surface area contributed by atoms with Crippen LogP contribution in [0, 0.1) is 0 Å². The first kappa shape index (κ1) is 12.0. The Morgan fingerprint density at radius 2 is 1.94 bits per heavy atom. The van der Waals surface area contributed by atoms with E-state index in [0.717, 1.165) is 6.21 Å². The van der Waals surface area contributed by atoms with Crippen molar-refractivity contribution in [1.82, 2.24) is 0 Å². The maximum atomic E-state index is 10.8. The van der Waals surface area contributed by atoms with Gasteiger partial charge in [0, 0.05) is 5.56 Å². The molecule has 0 aromatic heterocycles. The molecule has 0 amide bonds. The zero-order valence-electron chi connectivity index (χ0n) is 8.12. The predicted molar refractivity (Wildman–Crippen MR) is 59.0 cm³/mol. The van der Waals surface area contributed by atoms with Crippen molar-refractivity contribution in [2.75, 3.05) is 0 Å². The van der Waals surface area contributed by atoms with Crippen molar-refractivity contribution in [3.8, 4) is 0 Å². The molecule has 1 aromatic carbocycles. The third kappa shape index (κ3) is 2.96. The Bertz CT molecular complexity index is 428. The van der Waals surface area contributed by atoms with Crippen LogP contribution >= 0.6 is 0 Å². The molecule has 16 heavy (non-hydrogen) atoms. The minimum Gasteiger partial charge on any atom is -0.506 e. The van der Waals surface area contributed by atoms with Crippen LogP contribution in [0.5, 0.6) is 0 Å². The van der Waals surface area contributed by atoms with Gasteiger partial charge in [-0.1, -0.05) is 30.3 Å². The van der Waals surface area contributed by atoms with Crippen molar-refractivity contribution in [2.45, 2.75) is 0 Å². The lowest BCUT2D eigenvalue weighted by Gasteiger charge is -2.02. The molecule has 5 nitrogen and oxygen atoms in total. The van der Waals surface area contributed by atoms with Crippen LogP contribution < -0.4 is 0 Å². The molecule has 0 aliphatic rings. The molecule has 0 fully saturated rings. The number of hydrogen-bond acceptors (Lipinski definition) is 4. The summed E-state index contributed by atoms with van der Waals surface area (Å²) in [6.07, 6.45) is 0.900. The Kier molecular flexibility index (Phi) is 4.28. The normalized spacial score (nSPS) is 12.3. The summed E-state index contributed by atoms with van der Waals surface area (Å²) in [5.74, 6) is -1.67. The minimum absolute atomic E-state index is 0.357. The van der Waals surface area contributed by atoms with Gasteiger partial charge < -0.3 is 14.7 Å². The quantitative estimate of drug-likeness (QED) is 0.269. The summed E-state index contributed by atoms with van der Waals surface area (Å²) < 4.78 is 4.17. The fraction of sp³-hybridized carbons (Fsp3) is 0. The van der Waals surface area contributed by atoms with Crippen LogP contribution in [0.15, 0.2) is 41.1 Å². The number of carbonyl (C=O) groups is 1. The average Bonchev–Trinajstić information content (AvgIpc) is 2.30. The molecule has 3 radical (unpaired) electrons. The third-order valence-corrected chi connectivity index (χ3v) is 1.87. The van der Waals surface area contributed by atoms with Crippen LogP contribution in [0.3, 0.4) is 0 Å². The van der Waals surface area contributed by atoms with Gasteiger partial charge in [0.05, 0.1) is 6.21 Å². The van der Waals surface area contributed by atoms with Crippen molar-refractivity contribution in [2.24, 2.45) is 5.16 Å². The van der Waals surface area contributed by atoms with Crippen molar-refractivity contribution in [1.29, 1.82) is 0 Å². The molecule has 0 aliphatic heterocycles. The van der Waals surface area contributed by atoms with Gasteiger partial charge in [-0.15, -0.1) is 5.16 Å². The number of rotatable bonds is 4. The summed E-state index contributed by atoms with van der Waals surface area (Å²) in [6.45, 7) is 0. The van der Waals surface area contributed by atoms with E-state index in [0.29, 0.717) is 5.56 Å². The third-order valence-electron chi connectivity index (χ3n) is 1.77. The van der Waals surface area contributed by atoms with Crippen molar-refractivity contribution < 1.29 is 19.5 Å². The lowest BCUT2D eigenvalue weighted by Crippen LogP contribution is -2.06. The number of hydrogen-bond donors (Lipinski definition) is 2. The number of benzene rings is 1. The Hall–Kier alpha value is -2.08. The van der Waals surface area contributed by atoms with E-state index in [1.54, 1.807) is 30.3 Å². The monoisotopic (exact) mass is 234 g/mol. The topological polar surface area (TPSA) is 79.1 Å². The molecule has 0 spiro atoms. The van der Waals surface area contributed by atoms with Gasteiger partial charge in [0.15, 0.2) is 0 Å². The highest BCUT2D eigenvalue weighted by molar-refractivity contribution is 6.14. The molecule has 2 N–H and O–H groups in total. The van der Waals surface area contributed by atoms with Gasteiger partial charge in [-0.05, 0) is 0 Å². The second-order valence-electron chi connectivity index (χ2n) is 2.76. The van der Waals surface area contributed by atoms with Crippen molar-refractivity contribution in [3.63, 3.8) is 0 Å². The summed E-state index contributed by atoms with van der Waals surface area (Å²) in [7, 11) is 2.58. The van der Waals surface area contributed by atoms with E-state index in [-0.39, 0.29) is 11.3 Å². The molecule has 0 heterocycles. The Morgan fingerprint density at radius 3 is 2.44 bits per heavy atom. The van der Waals surface area contributed by atoms with Crippen LogP contribution in [-0.2, 0) is 9.32 Å². The summed E-state index contributed by atoms with van der Waals surface area (Å²) in [4.78, 5) is 10.8. The first-order valence-electron chi connectivity index (χ1n) is 4.25. The van der Waals surface area contributed by atoms with Crippen LogP contribution in [0.4, 0.5) is 0 Å². The lowest BCUT2D eigenvalue weighted by atomic mass is 10.1. The molecule has 81 valence electrons. The molecule has 1 aromatic rings. The van der Waals surface area contributed by atoms with Crippen LogP contribution in [0.25, 0.3) is 5.76 Å². The fourth-order valence-electron chi connectivity index (χ4n) is 1.05. The van der Waals surface area contributed by atoms with E-state index in [2.05, 4.69) is 20.2 Å². The van der Waals surface area contributed by atoms with Gasteiger partial charge in [-0.25, -0.2) is 4.79 Å². The van der Waals surface area contributed by atoms with Gasteiger partial charge >= 0.3 is 16.5 Å². The number of nitrogens with zero attached hydrogens (tertiary/aromatic N) is 1. The molecule has 1 rings (SSSR count). The van der Waals surface area contributed by atoms with E-state index in [9.17, 15) is 9.90 Å². The molecule has 0 saturated carbocycles. The highest BCUT2D eigenvalue weighted by atomic mass is 28.2. The molecule has 0 bridgehead atoms. The standard InChI is InChI=1S/C10H8NO4Si/c12-9(7-4-2-1-3-5-7)8(10(13)14)6-11-15-16/h1-6,12H,(H,13,14)/b9-8+,11-6+. The minimum atomic E-state index is -1.30. The zero-order chi connectivity index (χ0) is 12.0. The van der Waals surface area contributed by atoms with Gasteiger partial charge in [0.25, 0.3) is 0 Å². The van der Waals surface area contributed by atoms with Crippen LogP contribution in [0.2, 0.25) is 0 Å². The number of carboxylic acid groups (broad SMARTS) is 1. The molecule has 0 atom stereocenters. The first-order valence-corrected chi connectivity index (χ1v) is 4.65. The van der Waals surface area contributed by atoms with Crippen molar-refractivity contribution in [3.05, 3.63) is 41.5 Å². The second kappa shape index (κ2) is 5.71. The van der Waals surface area contributed by atoms with E-state index in [4.69, 9.17) is 5.11 Å². The predicted octanol–water partition coefficient (Wildman–Crippen LogP) is 1.13. The Morgan fingerprint density at radius 1 is 1.31 bits per heavy atom. The number of aliphatic hydroxyl groups excluding tert-OH is 1. The summed E-state index contributed by atoms with van der Waals surface area (Å²) in [5, 5.41) is 21.8. The Balaban J connectivity index is 3.17. The molecule has 0 unspecified atom stereocenters. The summed E-state index contributed by atoms with van der Waals surface area (Å²) in [5.41, 5.74) is 0.0322. The molecule has 6 heteroatoms. The smallest absolute Gasteiger partial charge is 0.387 e. The number of aliphatic carboxylic acids is 1. The SMILES string of the molecule is O=C(O)C(/C=N/O[Si])=C(/O)c1ccccc1. The van der Waals surface area contributed by atoms with E-state index >= 15 is 0 Å². The second-order valence-corrected chi connectivity index (χ2v) is 2.94. The number of oxime groups is 1. The van der Waals surface area contributed by atoms with Gasteiger partial charge in [-0.2, -0.15) is 0 Å². The number of carboxylic acids is 1. The van der Waals surface area contributed by atoms with E-state index in [1.165, 1.54) is 0 Å². The maximum Gasteiger partial charge on any atom is 0.387 e. The van der Waals surface area contributed by atoms with Gasteiger partial charge in [-0.3, -0.25) is 0 Å². The molecule has 0 saturated heterocycles. The summed E-state index contributed by atoms with van der Waals surface area (Å²) in [6, 6.07) is 8.29. The highest BCUT2D eigenvalue weighted by Crippen LogP contribution is 2.14. The van der Waals surface area contributed by atoms with E-state index in [1.807, 2.05) is 0 Å². The zero-order valence-corrected chi connectivity index (χ0v) is 9.12. The summed E-state index contributed by atoms with van der Waals surface area (Å²) >= 11 is 0. The van der Waals surface area contributed by atoms with Gasteiger partial charge in [0.2, 0.25) is 0 Å². The Labute approximate surface area is 95.2 Å². The maximum absolute atomic E-state index is 10.8. The van der Waals surface area contributed by atoms with E-state index < -0.39 is 5.97 Å². The highest BCUT2D eigenvalue weighted by Gasteiger charge is 2.13. The largest absolute Gasteiger partial charge is 0.506 e. The fourth-order valence-corrected chi connectivity index (χ4v) is 1.10. The average molecular weight is 234 g/mol.